The lowest BCUT2D eigenvalue weighted by atomic mass is 10.1. The van der Waals surface area contributed by atoms with Crippen molar-refractivity contribution in [3.05, 3.63) is 60.2 Å². The Morgan fingerprint density at radius 2 is 1.59 bits per heavy atom. The summed E-state index contributed by atoms with van der Waals surface area (Å²) in [6.45, 7) is 5.57. The first-order valence-corrected chi connectivity index (χ1v) is 9.42. The second kappa shape index (κ2) is 10.8. The van der Waals surface area contributed by atoms with Crippen LogP contribution in [0.5, 0.6) is 5.75 Å². The number of hydrogen-bond donors (Lipinski definition) is 2. The molecule has 2 aromatic carbocycles. The minimum atomic E-state index is -0.862. The topological polar surface area (TPSA) is 93.7 Å². The average molecular weight is 398 g/mol. The molecule has 0 aliphatic carbocycles. The number of hydrogen-bond acceptors (Lipinski definition) is 5. The molecule has 0 fully saturated rings. The van der Waals surface area contributed by atoms with Crippen LogP contribution in [0.25, 0.3) is 0 Å². The van der Waals surface area contributed by atoms with Crippen molar-refractivity contribution >= 4 is 23.5 Å². The van der Waals surface area contributed by atoms with Crippen LogP contribution >= 0.6 is 0 Å². The van der Waals surface area contributed by atoms with Gasteiger partial charge in [-0.05, 0) is 37.1 Å². The average Bonchev–Trinajstić information content (AvgIpc) is 2.71. The molecule has 1 atom stereocenters. The van der Waals surface area contributed by atoms with E-state index in [4.69, 9.17) is 9.47 Å². The first-order valence-electron chi connectivity index (χ1n) is 9.42. The molecule has 29 heavy (non-hydrogen) atoms. The van der Waals surface area contributed by atoms with Crippen LogP contribution in [0.2, 0.25) is 0 Å². The van der Waals surface area contributed by atoms with E-state index in [1.54, 1.807) is 55.5 Å². The van der Waals surface area contributed by atoms with Gasteiger partial charge < -0.3 is 20.1 Å². The molecule has 0 bridgehead atoms. The van der Waals surface area contributed by atoms with Crippen LogP contribution in [0.3, 0.4) is 0 Å². The summed E-state index contributed by atoms with van der Waals surface area (Å²) in [6, 6.07) is 15.5. The maximum absolute atomic E-state index is 12.3. The number of anilines is 1. The second-order valence-electron chi connectivity index (χ2n) is 6.88. The van der Waals surface area contributed by atoms with Crippen LogP contribution in [-0.2, 0) is 14.3 Å². The molecule has 0 aliphatic heterocycles. The van der Waals surface area contributed by atoms with Gasteiger partial charge in [-0.25, -0.2) is 4.79 Å². The Labute approximate surface area is 170 Å². The second-order valence-corrected chi connectivity index (χ2v) is 6.88. The van der Waals surface area contributed by atoms with E-state index in [9.17, 15) is 14.4 Å². The number of nitrogens with one attached hydrogen (secondary N) is 2. The summed E-state index contributed by atoms with van der Waals surface area (Å²) in [7, 11) is 0. The van der Waals surface area contributed by atoms with E-state index in [0.717, 1.165) is 0 Å². The number of ether oxygens (including phenoxy) is 2. The van der Waals surface area contributed by atoms with Crippen molar-refractivity contribution in [3.8, 4) is 5.75 Å². The van der Waals surface area contributed by atoms with Crippen LogP contribution in [0.15, 0.2) is 54.6 Å². The van der Waals surface area contributed by atoms with Gasteiger partial charge in [-0.15, -0.1) is 0 Å². The van der Waals surface area contributed by atoms with E-state index >= 15 is 0 Å². The Hall–Kier alpha value is -3.35. The Morgan fingerprint density at radius 1 is 0.931 bits per heavy atom. The lowest BCUT2D eigenvalue weighted by Crippen LogP contribution is -2.31. The molecule has 0 aromatic heterocycles. The number of carbonyl (C=O) groups is 3. The Morgan fingerprint density at radius 3 is 2.28 bits per heavy atom. The zero-order valence-electron chi connectivity index (χ0n) is 16.8. The molecule has 0 radical (unpaired) electrons. The molecular weight excluding hydrogens is 372 g/mol. The molecule has 0 unspecified atom stereocenters. The van der Waals surface area contributed by atoms with E-state index in [1.165, 1.54) is 0 Å². The summed E-state index contributed by atoms with van der Waals surface area (Å²) in [6.07, 6.45) is -0.862. The maximum Gasteiger partial charge on any atom is 0.347 e. The SMILES string of the molecule is CC(C)CNC(=O)c1ccccc1NC(=O)COC(=O)[C@H](C)Oc1ccccc1. The molecule has 2 amide bonds. The molecule has 2 aromatic rings. The molecule has 0 heterocycles. The van der Waals surface area contributed by atoms with E-state index in [1.807, 2.05) is 19.9 Å². The minimum Gasteiger partial charge on any atom is -0.479 e. The fraction of sp³-hybridized carbons (Fsp3) is 0.318. The van der Waals surface area contributed by atoms with E-state index in [2.05, 4.69) is 10.6 Å². The van der Waals surface area contributed by atoms with Gasteiger partial charge in [0.1, 0.15) is 5.75 Å². The number of amides is 2. The summed E-state index contributed by atoms with van der Waals surface area (Å²) in [4.78, 5) is 36.5. The van der Waals surface area contributed by atoms with E-state index < -0.39 is 24.6 Å². The highest BCUT2D eigenvalue weighted by molar-refractivity contribution is 6.04. The number of rotatable bonds is 9. The zero-order chi connectivity index (χ0) is 21.2. The fourth-order valence-electron chi connectivity index (χ4n) is 2.37. The highest BCUT2D eigenvalue weighted by Gasteiger charge is 2.19. The van der Waals surface area contributed by atoms with Crippen molar-refractivity contribution in [1.82, 2.24) is 5.32 Å². The Balaban J connectivity index is 1.87. The summed E-state index contributed by atoms with van der Waals surface area (Å²) < 4.78 is 10.5. The van der Waals surface area contributed by atoms with Crippen molar-refractivity contribution in [2.45, 2.75) is 26.9 Å². The van der Waals surface area contributed by atoms with Gasteiger partial charge in [0.2, 0.25) is 0 Å². The molecule has 7 nitrogen and oxygen atoms in total. The minimum absolute atomic E-state index is 0.281. The highest BCUT2D eigenvalue weighted by atomic mass is 16.6. The van der Waals surface area contributed by atoms with Crippen LogP contribution in [0.1, 0.15) is 31.1 Å². The van der Waals surface area contributed by atoms with Crippen LogP contribution in [0.4, 0.5) is 5.69 Å². The molecule has 154 valence electrons. The highest BCUT2D eigenvalue weighted by Crippen LogP contribution is 2.15. The molecular formula is C22H26N2O5. The monoisotopic (exact) mass is 398 g/mol. The van der Waals surface area contributed by atoms with Gasteiger partial charge in [-0.2, -0.15) is 0 Å². The normalized spacial score (nSPS) is 11.4. The summed E-state index contributed by atoms with van der Waals surface area (Å²) >= 11 is 0. The van der Waals surface area contributed by atoms with Crippen molar-refractivity contribution in [1.29, 1.82) is 0 Å². The predicted octanol–water partition coefficient (Wildman–Crippen LogP) is 3.02. The third-order valence-corrected chi connectivity index (χ3v) is 3.85. The molecule has 0 aliphatic rings. The third-order valence-electron chi connectivity index (χ3n) is 3.85. The largest absolute Gasteiger partial charge is 0.479 e. The van der Waals surface area contributed by atoms with E-state index in [-0.39, 0.29) is 5.91 Å². The van der Waals surface area contributed by atoms with Gasteiger partial charge in [0.25, 0.3) is 11.8 Å². The molecule has 0 saturated carbocycles. The zero-order valence-corrected chi connectivity index (χ0v) is 16.8. The molecule has 7 heteroatoms. The van der Waals surface area contributed by atoms with Gasteiger partial charge in [0, 0.05) is 6.54 Å². The quantitative estimate of drug-likeness (QED) is 0.634. The Bertz CT molecular complexity index is 836. The lowest BCUT2D eigenvalue weighted by Gasteiger charge is -2.15. The van der Waals surface area contributed by atoms with Gasteiger partial charge in [0.05, 0.1) is 11.3 Å². The van der Waals surface area contributed by atoms with Crippen LogP contribution < -0.4 is 15.4 Å². The summed E-state index contributed by atoms with van der Waals surface area (Å²) in [5, 5.41) is 5.41. The summed E-state index contributed by atoms with van der Waals surface area (Å²) in [5.74, 6) is -0.652. The first-order chi connectivity index (χ1) is 13.9. The van der Waals surface area contributed by atoms with Gasteiger partial charge in [0.15, 0.2) is 12.7 Å². The maximum atomic E-state index is 12.3. The molecule has 0 spiro atoms. The number of para-hydroxylation sites is 2. The van der Waals surface area contributed by atoms with Gasteiger partial charge >= 0.3 is 5.97 Å². The molecule has 2 N–H and O–H groups in total. The van der Waals surface area contributed by atoms with Crippen molar-refractivity contribution in [2.24, 2.45) is 5.92 Å². The smallest absolute Gasteiger partial charge is 0.347 e. The molecule has 0 saturated heterocycles. The lowest BCUT2D eigenvalue weighted by molar-refractivity contribution is -0.153. The number of esters is 1. The van der Waals surface area contributed by atoms with Crippen molar-refractivity contribution < 1.29 is 23.9 Å². The predicted molar refractivity (Wildman–Crippen MR) is 110 cm³/mol. The molecule has 2 rings (SSSR count). The third kappa shape index (κ3) is 7.29. The Kier molecular flexibility index (Phi) is 8.21. The number of carbonyl (C=O) groups excluding carboxylic acids is 3. The van der Waals surface area contributed by atoms with Gasteiger partial charge in [-0.1, -0.05) is 44.2 Å². The number of benzene rings is 2. The first kappa shape index (κ1) is 21.9. The van der Waals surface area contributed by atoms with E-state index in [0.29, 0.717) is 29.5 Å². The van der Waals surface area contributed by atoms with Crippen LogP contribution in [0, 0.1) is 5.92 Å². The van der Waals surface area contributed by atoms with Crippen molar-refractivity contribution in [2.75, 3.05) is 18.5 Å². The van der Waals surface area contributed by atoms with Gasteiger partial charge in [-0.3, -0.25) is 9.59 Å². The summed E-state index contributed by atoms with van der Waals surface area (Å²) in [5.41, 5.74) is 0.692. The van der Waals surface area contributed by atoms with Crippen molar-refractivity contribution in [3.63, 3.8) is 0 Å². The standard InChI is InChI=1S/C22H26N2O5/c1-15(2)13-23-21(26)18-11-7-8-12-19(18)24-20(25)14-28-22(27)16(3)29-17-9-5-4-6-10-17/h4-12,15-16H,13-14H2,1-3H3,(H,23,26)(H,24,25)/t16-/m0/s1. The van der Waals surface area contributed by atoms with Crippen LogP contribution in [-0.4, -0.2) is 37.0 Å². The fourth-order valence-corrected chi connectivity index (χ4v) is 2.37.